The molecular weight excluding hydrogens is 683 g/mol. The highest BCUT2D eigenvalue weighted by molar-refractivity contribution is 7.16. The number of amides is 1. The topological polar surface area (TPSA) is 146 Å². The van der Waals surface area contributed by atoms with Crippen LogP contribution in [0.2, 0.25) is 0 Å². The number of ether oxygens (including phenoxy) is 1. The maximum absolute atomic E-state index is 13.3. The van der Waals surface area contributed by atoms with Gasteiger partial charge in [-0.05, 0) is 92.4 Å². The smallest absolute Gasteiger partial charge is 0.308 e. The summed E-state index contributed by atoms with van der Waals surface area (Å²) in [5.74, 6) is -0.510. The van der Waals surface area contributed by atoms with Crippen molar-refractivity contribution in [3.05, 3.63) is 94.0 Å². The van der Waals surface area contributed by atoms with Crippen LogP contribution >= 0.6 is 11.3 Å². The third-order valence-electron chi connectivity index (χ3n) is 8.97. The van der Waals surface area contributed by atoms with Gasteiger partial charge in [0.1, 0.15) is 24.8 Å². The van der Waals surface area contributed by atoms with Gasteiger partial charge in [-0.15, -0.1) is 11.3 Å². The van der Waals surface area contributed by atoms with E-state index in [-0.39, 0.29) is 40.2 Å². The number of hydrogen-bond donors (Lipinski definition) is 0. The lowest BCUT2D eigenvalue weighted by Crippen LogP contribution is -2.29. The third-order valence-corrected chi connectivity index (χ3v) is 10.1. The lowest BCUT2D eigenvalue weighted by molar-refractivity contribution is -0.148. The number of nitrogens with zero attached hydrogens (tertiary/aromatic N) is 7. The molecule has 1 aromatic heterocycles. The SMILES string of the molecule is CCCCC(CC)C(=O)OCCN(CC)c1ccc(N=Nc2ccc(-c3ccc(/C=C/C4=C(C#N)C(=C(C#N)C#N)N(CCCC)C4=O)s3)cc2)cc1. The third kappa shape index (κ3) is 10.4. The van der Waals surface area contributed by atoms with Crippen molar-refractivity contribution in [1.82, 2.24) is 4.90 Å². The molecule has 0 aliphatic carbocycles. The highest BCUT2D eigenvalue weighted by Crippen LogP contribution is 2.35. The van der Waals surface area contributed by atoms with Crippen molar-refractivity contribution in [2.75, 3.05) is 31.1 Å². The molecule has 0 saturated heterocycles. The average molecular weight is 728 g/mol. The van der Waals surface area contributed by atoms with Gasteiger partial charge >= 0.3 is 5.97 Å². The monoisotopic (exact) mass is 727 g/mol. The zero-order valence-electron chi connectivity index (χ0n) is 30.8. The van der Waals surface area contributed by atoms with E-state index in [2.05, 4.69) is 29.0 Å². The van der Waals surface area contributed by atoms with Crippen molar-refractivity contribution < 1.29 is 14.3 Å². The Morgan fingerprint density at radius 3 is 2.15 bits per heavy atom. The summed E-state index contributed by atoms with van der Waals surface area (Å²) in [4.78, 5) is 31.2. The van der Waals surface area contributed by atoms with E-state index in [1.165, 1.54) is 16.2 Å². The minimum Gasteiger partial charge on any atom is -0.464 e. The second kappa shape index (κ2) is 20.3. The van der Waals surface area contributed by atoms with E-state index >= 15 is 0 Å². The minimum absolute atomic E-state index is 0.0237. The van der Waals surface area contributed by atoms with Crippen LogP contribution < -0.4 is 4.90 Å². The van der Waals surface area contributed by atoms with E-state index in [0.717, 1.165) is 65.3 Å². The molecule has 1 aliphatic rings. The van der Waals surface area contributed by atoms with Crippen LogP contribution in [-0.2, 0) is 14.3 Å². The Labute approximate surface area is 316 Å². The van der Waals surface area contributed by atoms with E-state index in [1.807, 2.05) is 92.7 Å². The molecule has 10 nitrogen and oxygen atoms in total. The molecule has 0 saturated carbocycles. The summed E-state index contributed by atoms with van der Waals surface area (Å²) in [5, 5.41) is 37.7. The Morgan fingerprint density at radius 1 is 0.906 bits per heavy atom. The summed E-state index contributed by atoms with van der Waals surface area (Å²) >= 11 is 1.53. The molecule has 53 heavy (non-hydrogen) atoms. The predicted octanol–water partition coefficient (Wildman–Crippen LogP) is 10.2. The van der Waals surface area contributed by atoms with Crippen molar-refractivity contribution in [2.45, 2.75) is 66.2 Å². The second-order valence-electron chi connectivity index (χ2n) is 12.5. The molecule has 2 aromatic carbocycles. The number of nitriles is 3. The number of allylic oxidation sites excluding steroid dienone is 2. The molecule has 1 unspecified atom stereocenters. The number of thiophene rings is 1. The second-order valence-corrected chi connectivity index (χ2v) is 13.6. The van der Waals surface area contributed by atoms with Crippen LogP contribution in [0.1, 0.15) is 71.1 Å². The molecule has 11 heteroatoms. The van der Waals surface area contributed by atoms with Crippen molar-refractivity contribution in [2.24, 2.45) is 16.1 Å². The first-order chi connectivity index (χ1) is 25.8. The van der Waals surface area contributed by atoms with Crippen molar-refractivity contribution in [1.29, 1.82) is 15.8 Å². The Kier molecular flexibility index (Phi) is 15.3. The Hall–Kier alpha value is -5.83. The van der Waals surface area contributed by atoms with Crippen LogP contribution in [0.5, 0.6) is 0 Å². The molecule has 0 fully saturated rings. The summed E-state index contributed by atoms with van der Waals surface area (Å²) in [6, 6.07) is 25.2. The summed E-state index contributed by atoms with van der Waals surface area (Å²) in [6.07, 6.45) is 8.65. The van der Waals surface area contributed by atoms with Gasteiger partial charge in [-0.1, -0.05) is 52.2 Å². The van der Waals surface area contributed by atoms with Crippen molar-refractivity contribution in [3.8, 4) is 28.6 Å². The first-order valence-corrected chi connectivity index (χ1v) is 19.0. The summed E-state index contributed by atoms with van der Waals surface area (Å²) in [5.41, 5.74) is 3.50. The predicted molar refractivity (Wildman–Crippen MR) is 209 cm³/mol. The average Bonchev–Trinajstić information content (AvgIpc) is 3.77. The number of esters is 1. The number of anilines is 1. The standard InChI is InChI=1S/C42H45N7O3S/c1-5-9-11-30(7-3)42(51)52-26-25-48(8-4)35-18-16-34(17-19-35)47-46-33-14-12-31(13-15-33)39-23-21-36(53-39)20-22-37-38(29-45)40(32(27-43)28-44)49(41(37)50)24-10-6-2/h12-23,30H,5-11,24-26H2,1-4H3/b22-20+,47-46?. The minimum atomic E-state index is -0.387. The number of unbranched alkanes of at least 4 members (excludes halogenated alkanes) is 2. The van der Waals surface area contributed by atoms with E-state index in [9.17, 15) is 25.4 Å². The molecule has 0 spiro atoms. The van der Waals surface area contributed by atoms with Gasteiger partial charge in [-0.3, -0.25) is 9.59 Å². The number of carbonyl (C=O) groups is 2. The van der Waals surface area contributed by atoms with Crippen LogP contribution in [0.25, 0.3) is 16.5 Å². The van der Waals surface area contributed by atoms with Crippen LogP contribution in [0.15, 0.2) is 99.4 Å². The highest BCUT2D eigenvalue weighted by atomic mass is 32.1. The molecule has 3 aromatic rings. The molecule has 0 bridgehead atoms. The fourth-order valence-corrected chi connectivity index (χ4v) is 6.80. The summed E-state index contributed by atoms with van der Waals surface area (Å²) < 4.78 is 5.61. The molecule has 0 N–H and O–H groups in total. The van der Waals surface area contributed by atoms with Gasteiger partial charge in [0, 0.05) is 28.5 Å². The van der Waals surface area contributed by atoms with E-state index < -0.39 is 0 Å². The van der Waals surface area contributed by atoms with E-state index in [4.69, 9.17) is 4.74 Å². The summed E-state index contributed by atoms with van der Waals surface area (Å²) in [6.45, 7) is 10.3. The Balaban J connectivity index is 1.37. The molecule has 1 aliphatic heterocycles. The Bertz CT molecular complexity index is 1970. The number of hydrogen-bond acceptors (Lipinski definition) is 10. The van der Waals surface area contributed by atoms with Gasteiger partial charge in [0.15, 0.2) is 5.57 Å². The van der Waals surface area contributed by atoms with Crippen LogP contribution in [0.3, 0.4) is 0 Å². The van der Waals surface area contributed by atoms with Gasteiger partial charge in [-0.25, -0.2) is 0 Å². The van der Waals surface area contributed by atoms with Crippen molar-refractivity contribution >= 4 is 46.4 Å². The molecule has 1 amide bonds. The van der Waals surface area contributed by atoms with Gasteiger partial charge in [0.25, 0.3) is 5.91 Å². The highest BCUT2D eigenvalue weighted by Gasteiger charge is 2.36. The number of benzene rings is 2. The van der Waals surface area contributed by atoms with Crippen LogP contribution in [0, 0.1) is 39.9 Å². The lowest BCUT2D eigenvalue weighted by Gasteiger charge is -2.23. The Morgan fingerprint density at radius 2 is 1.57 bits per heavy atom. The number of rotatable bonds is 18. The maximum Gasteiger partial charge on any atom is 0.308 e. The van der Waals surface area contributed by atoms with Crippen LogP contribution in [-0.4, -0.2) is 43.0 Å². The summed E-state index contributed by atoms with van der Waals surface area (Å²) in [7, 11) is 0. The normalized spacial score (nSPS) is 13.3. The largest absolute Gasteiger partial charge is 0.464 e. The van der Waals surface area contributed by atoms with Gasteiger partial charge in [0.2, 0.25) is 0 Å². The van der Waals surface area contributed by atoms with E-state index in [0.29, 0.717) is 31.8 Å². The quantitative estimate of drug-likeness (QED) is 0.0720. The van der Waals surface area contributed by atoms with Crippen LogP contribution in [0.4, 0.5) is 17.1 Å². The first-order valence-electron chi connectivity index (χ1n) is 18.1. The zero-order valence-corrected chi connectivity index (χ0v) is 31.7. The molecule has 272 valence electrons. The number of azo groups is 1. The fraction of sp³-hybridized carbons (Fsp3) is 0.357. The molecule has 0 radical (unpaired) electrons. The molecule has 1 atom stereocenters. The zero-order chi connectivity index (χ0) is 38.2. The lowest BCUT2D eigenvalue weighted by atomic mass is 10.00. The maximum atomic E-state index is 13.3. The van der Waals surface area contributed by atoms with E-state index in [1.54, 1.807) is 12.2 Å². The first kappa shape index (κ1) is 39.9. The van der Waals surface area contributed by atoms with Gasteiger partial charge < -0.3 is 14.5 Å². The molecule has 2 heterocycles. The van der Waals surface area contributed by atoms with Gasteiger partial charge in [-0.2, -0.15) is 26.0 Å². The number of carbonyl (C=O) groups excluding carboxylic acids is 2. The molecular formula is C42H45N7O3S. The fourth-order valence-electron chi connectivity index (χ4n) is 5.89. The van der Waals surface area contributed by atoms with Crippen molar-refractivity contribution in [3.63, 3.8) is 0 Å². The molecule has 4 rings (SSSR count). The van der Waals surface area contributed by atoms with Gasteiger partial charge in [0.05, 0.1) is 40.7 Å². The number of likely N-dealkylation sites (N-methyl/N-ethyl adjacent to an activating group) is 1.